The first kappa shape index (κ1) is 17.3. The van der Waals surface area contributed by atoms with Crippen molar-refractivity contribution in [3.63, 3.8) is 0 Å². The molecule has 0 aliphatic carbocycles. The highest BCUT2D eigenvalue weighted by molar-refractivity contribution is 6.15. The highest BCUT2D eigenvalue weighted by Crippen LogP contribution is 2.22. The molecule has 0 bridgehead atoms. The van der Waals surface area contributed by atoms with Crippen LogP contribution in [0.25, 0.3) is 21.7 Å². The maximum Gasteiger partial charge on any atom is 0.257 e. The minimum absolute atomic E-state index is 0.0449. The van der Waals surface area contributed by atoms with Crippen LogP contribution in [0.2, 0.25) is 0 Å². The maximum atomic E-state index is 13.7. The topological polar surface area (TPSA) is 20.9 Å². The molecule has 4 aromatic carbocycles. The van der Waals surface area contributed by atoms with Crippen molar-refractivity contribution in [3.8, 4) is 0 Å². The molecule has 0 saturated carbocycles. The van der Waals surface area contributed by atoms with Crippen molar-refractivity contribution in [2.24, 2.45) is 0 Å². The van der Waals surface area contributed by atoms with Crippen molar-refractivity contribution in [2.45, 2.75) is 6.54 Å². The lowest BCUT2D eigenvalue weighted by Gasteiger charge is -2.09. The highest BCUT2D eigenvalue weighted by atomic mass is 16.1. The molecule has 5 aromatic rings. The Bertz CT molecular complexity index is 1330. The summed E-state index contributed by atoms with van der Waals surface area (Å²) in [6.07, 6.45) is 0. The molecule has 0 aliphatic rings. The van der Waals surface area contributed by atoms with Crippen molar-refractivity contribution in [2.75, 3.05) is 0 Å². The second-order valence-electron chi connectivity index (χ2n) is 7.20. The second kappa shape index (κ2) is 7.33. The largest absolute Gasteiger partial charge is 0.282 e. The molecule has 138 valence electrons. The van der Waals surface area contributed by atoms with E-state index in [-0.39, 0.29) is 5.78 Å². The molecule has 0 N–H and O–H groups in total. The fourth-order valence-corrected chi connectivity index (χ4v) is 3.96. The molecule has 29 heavy (non-hydrogen) atoms. The Kier molecular flexibility index (Phi) is 4.38. The van der Waals surface area contributed by atoms with Crippen molar-refractivity contribution in [3.05, 3.63) is 126 Å². The molecule has 0 unspecified atom stereocenters. The van der Waals surface area contributed by atoms with Crippen LogP contribution in [-0.2, 0) is 6.54 Å². The molecule has 1 heterocycles. The van der Waals surface area contributed by atoms with Crippen molar-refractivity contribution < 1.29 is 9.36 Å². The maximum absolute atomic E-state index is 13.7. The van der Waals surface area contributed by atoms with Gasteiger partial charge in [-0.3, -0.25) is 4.79 Å². The molecule has 0 fully saturated rings. The number of hydrogen-bond acceptors (Lipinski definition) is 1. The Balaban J connectivity index is 1.72. The summed E-state index contributed by atoms with van der Waals surface area (Å²) in [5, 5.41) is 3.19. The van der Waals surface area contributed by atoms with Gasteiger partial charge in [0.05, 0.1) is 0 Å². The number of rotatable bonds is 4. The molecule has 2 heteroatoms. The van der Waals surface area contributed by atoms with Crippen molar-refractivity contribution in [1.29, 1.82) is 0 Å². The third-order valence-corrected chi connectivity index (χ3v) is 5.39. The molecule has 0 atom stereocenters. The van der Waals surface area contributed by atoms with Crippen molar-refractivity contribution >= 4 is 27.5 Å². The SMILES string of the molecule is O=C(c1cccc2ccccc12)c1ccc2ccccc2[n+]1Cc1ccccc1. The molecule has 1 aromatic heterocycles. The van der Waals surface area contributed by atoms with Gasteiger partial charge in [-0.15, -0.1) is 0 Å². The van der Waals surface area contributed by atoms with E-state index in [1.807, 2.05) is 84.9 Å². The molecule has 2 nitrogen and oxygen atoms in total. The first-order valence-electron chi connectivity index (χ1n) is 9.79. The number of ketones is 1. The molecule has 0 radical (unpaired) electrons. The van der Waals surface area contributed by atoms with E-state index in [2.05, 4.69) is 28.8 Å². The predicted octanol–water partition coefficient (Wildman–Crippen LogP) is 5.56. The summed E-state index contributed by atoms with van der Waals surface area (Å²) in [4.78, 5) is 13.7. The number of hydrogen-bond donors (Lipinski definition) is 0. The van der Waals surface area contributed by atoms with Crippen LogP contribution in [0.15, 0.2) is 109 Å². The van der Waals surface area contributed by atoms with Crippen LogP contribution >= 0.6 is 0 Å². The lowest BCUT2D eigenvalue weighted by molar-refractivity contribution is -0.664. The van der Waals surface area contributed by atoms with Gasteiger partial charge >= 0.3 is 0 Å². The number of pyridine rings is 1. The van der Waals surface area contributed by atoms with Crippen LogP contribution in [0, 0.1) is 0 Å². The molecule has 0 aliphatic heterocycles. The van der Waals surface area contributed by atoms with E-state index in [1.165, 1.54) is 5.56 Å². The summed E-state index contributed by atoms with van der Waals surface area (Å²) in [6, 6.07) is 36.5. The normalized spacial score (nSPS) is 11.0. The number of fused-ring (bicyclic) bond motifs is 2. The molecule has 0 amide bonds. The van der Waals surface area contributed by atoms with Gasteiger partial charge in [-0.1, -0.05) is 84.9 Å². The molecular weight excluding hydrogens is 354 g/mol. The van der Waals surface area contributed by atoms with Gasteiger partial charge in [-0.05, 0) is 22.9 Å². The van der Waals surface area contributed by atoms with E-state index in [0.717, 1.165) is 27.2 Å². The second-order valence-corrected chi connectivity index (χ2v) is 7.20. The Labute approximate surface area is 169 Å². The van der Waals surface area contributed by atoms with Gasteiger partial charge in [0.1, 0.15) is 0 Å². The fourth-order valence-electron chi connectivity index (χ4n) is 3.96. The minimum Gasteiger partial charge on any atom is -0.282 e. The standard InChI is InChI=1S/C27H20NO/c29-27(24-15-8-13-21-11-4-6-14-23(21)24)26-18-17-22-12-5-7-16-25(22)28(26)19-20-9-2-1-3-10-20/h1-18H,19H2/q+1. The zero-order chi connectivity index (χ0) is 19.6. The molecule has 5 rings (SSSR count). The van der Waals surface area contributed by atoms with Crippen LogP contribution in [-0.4, -0.2) is 5.78 Å². The summed E-state index contributed by atoms with van der Waals surface area (Å²) in [6.45, 7) is 0.647. The summed E-state index contributed by atoms with van der Waals surface area (Å²) >= 11 is 0. The van der Waals surface area contributed by atoms with E-state index < -0.39 is 0 Å². The average Bonchev–Trinajstić information content (AvgIpc) is 2.79. The third kappa shape index (κ3) is 3.19. The van der Waals surface area contributed by atoms with Gasteiger partial charge in [0, 0.05) is 28.6 Å². The zero-order valence-electron chi connectivity index (χ0n) is 16.0. The summed E-state index contributed by atoms with van der Waals surface area (Å²) in [5.74, 6) is 0.0449. The van der Waals surface area contributed by atoms with Gasteiger partial charge in [-0.25, -0.2) is 0 Å². The Hall–Kier alpha value is -3.78. The van der Waals surface area contributed by atoms with Crippen molar-refractivity contribution in [1.82, 2.24) is 0 Å². The summed E-state index contributed by atoms with van der Waals surface area (Å²) < 4.78 is 2.13. The Morgan fingerprint density at radius 3 is 2.17 bits per heavy atom. The number of nitrogens with zero attached hydrogens (tertiary/aromatic N) is 1. The van der Waals surface area contributed by atoms with Crippen LogP contribution < -0.4 is 4.57 Å². The first-order chi connectivity index (χ1) is 14.3. The lowest BCUT2D eigenvalue weighted by Crippen LogP contribution is -2.42. The summed E-state index contributed by atoms with van der Waals surface area (Å²) in [5.41, 5.74) is 3.66. The molecule has 0 spiro atoms. The van der Waals surface area contributed by atoms with Crippen LogP contribution in [0.3, 0.4) is 0 Å². The smallest absolute Gasteiger partial charge is 0.257 e. The van der Waals surface area contributed by atoms with Gasteiger partial charge in [0.15, 0.2) is 6.54 Å². The Morgan fingerprint density at radius 1 is 0.621 bits per heavy atom. The Morgan fingerprint density at radius 2 is 1.31 bits per heavy atom. The number of carbonyl (C=O) groups is 1. The fraction of sp³-hybridized carbons (Fsp3) is 0.0370. The van der Waals surface area contributed by atoms with Gasteiger partial charge in [0.2, 0.25) is 5.52 Å². The van der Waals surface area contributed by atoms with E-state index in [1.54, 1.807) is 0 Å². The van der Waals surface area contributed by atoms with Gasteiger partial charge < -0.3 is 0 Å². The lowest BCUT2D eigenvalue weighted by atomic mass is 9.98. The highest BCUT2D eigenvalue weighted by Gasteiger charge is 2.25. The third-order valence-electron chi connectivity index (χ3n) is 5.39. The summed E-state index contributed by atoms with van der Waals surface area (Å²) in [7, 11) is 0. The number of aromatic nitrogens is 1. The van der Waals surface area contributed by atoms with Crippen LogP contribution in [0.4, 0.5) is 0 Å². The number of para-hydroxylation sites is 1. The molecule has 0 saturated heterocycles. The molecular formula is C27H20NO+. The monoisotopic (exact) mass is 374 g/mol. The average molecular weight is 374 g/mol. The van der Waals surface area contributed by atoms with E-state index in [4.69, 9.17) is 0 Å². The van der Waals surface area contributed by atoms with E-state index in [9.17, 15) is 4.79 Å². The minimum atomic E-state index is 0.0449. The van der Waals surface area contributed by atoms with E-state index >= 15 is 0 Å². The van der Waals surface area contributed by atoms with E-state index in [0.29, 0.717) is 12.2 Å². The van der Waals surface area contributed by atoms with Gasteiger partial charge in [0.25, 0.3) is 11.5 Å². The quantitative estimate of drug-likeness (QED) is 0.298. The predicted molar refractivity (Wildman–Crippen MR) is 117 cm³/mol. The van der Waals surface area contributed by atoms with Crippen LogP contribution in [0.5, 0.6) is 0 Å². The number of carbonyl (C=O) groups excluding carboxylic acids is 1. The number of benzene rings is 4. The van der Waals surface area contributed by atoms with Gasteiger partial charge in [-0.2, -0.15) is 4.57 Å². The first-order valence-corrected chi connectivity index (χ1v) is 9.79. The van der Waals surface area contributed by atoms with Crippen LogP contribution in [0.1, 0.15) is 21.6 Å². The zero-order valence-corrected chi connectivity index (χ0v) is 16.0.